The molecule has 0 unspecified atom stereocenters. The van der Waals surface area contributed by atoms with E-state index in [0.717, 1.165) is 5.39 Å². The normalized spacial score (nSPS) is 11.8. The Bertz CT molecular complexity index is 1220. The molecule has 4 rings (SSSR count). The molecule has 3 aromatic carbocycles. The van der Waals surface area contributed by atoms with Crippen molar-refractivity contribution in [1.29, 1.82) is 0 Å². The van der Waals surface area contributed by atoms with Crippen molar-refractivity contribution in [1.82, 2.24) is 3.97 Å². The van der Waals surface area contributed by atoms with Gasteiger partial charge in [-0.25, -0.2) is 12.4 Å². The van der Waals surface area contributed by atoms with Crippen molar-refractivity contribution in [3.05, 3.63) is 88.9 Å². The van der Waals surface area contributed by atoms with Crippen LogP contribution < -0.4 is 0 Å². The Kier molecular flexibility index (Phi) is 4.27. The van der Waals surface area contributed by atoms with E-state index >= 15 is 0 Å². The molecule has 26 heavy (non-hydrogen) atoms. The topological polar surface area (TPSA) is 39.1 Å². The Morgan fingerprint density at radius 2 is 1.46 bits per heavy atom. The molecule has 0 aliphatic carbocycles. The fourth-order valence-corrected chi connectivity index (χ4v) is 5.02. The third kappa shape index (κ3) is 2.80. The minimum atomic E-state index is -3.80. The van der Waals surface area contributed by atoms with Gasteiger partial charge in [-0.2, -0.15) is 0 Å². The van der Waals surface area contributed by atoms with Gasteiger partial charge in [-0.15, -0.1) is 0 Å². The number of halogens is 2. The predicted molar refractivity (Wildman–Crippen MR) is 106 cm³/mol. The van der Waals surface area contributed by atoms with Crippen molar-refractivity contribution in [3.63, 3.8) is 0 Å². The van der Waals surface area contributed by atoms with E-state index in [1.165, 1.54) is 3.97 Å². The van der Waals surface area contributed by atoms with Crippen LogP contribution in [0.3, 0.4) is 0 Å². The van der Waals surface area contributed by atoms with Crippen LogP contribution in [0.4, 0.5) is 0 Å². The fourth-order valence-electron chi connectivity index (χ4n) is 2.97. The molecule has 0 amide bonds. The summed E-state index contributed by atoms with van der Waals surface area (Å²) in [6.45, 7) is 0. The van der Waals surface area contributed by atoms with Crippen LogP contribution in [-0.2, 0) is 10.0 Å². The Labute approximate surface area is 161 Å². The zero-order chi connectivity index (χ0) is 18.3. The highest BCUT2D eigenvalue weighted by Gasteiger charge is 2.24. The number of para-hydroxylation sites is 1. The molecule has 3 nitrogen and oxygen atoms in total. The first-order valence-electron chi connectivity index (χ1n) is 7.85. The van der Waals surface area contributed by atoms with E-state index in [0.29, 0.717) is 26.8 Å². The number of hydrogen-bond acceptors (Lipinski definition) is 2. The SMILES string of the molecule is O=S(=O)(c1ccccc1)n1c(-c2ccc(Cl)cc2Cl)cc2ccccc21. The van der Waals surface area contributed by atoms with Crippen LogP contribution in [-0.4, -0.2) is 12.4 Å². The summed E-state index contributed by atoms with van der Waals surface area (Å²) >= 11 is 12.4. The molecular weight excluding hydrogens is 389 g/mol. The fraction of sp³-hybridized carbons (Fsp3) is 0. The summed E-state index contributed by atoms with van der Waals surface area (Å²) in [6, 6.07) is 22.5. The van der Waals surface area contributed by atoms with Gasteiger partial charge < -0.3 is 0 Å². The van der Waals surface area contributed by atoms with Gasteiger partial charge in [-0.1, -0.05) is 59.6 Å². The van der Waals surface area contributed by atoms with E-state index in [1.807, 2.05) is 24.3 Å². The molecule has 0 saturated carbocycles. The number of benzene rings is 3. The van der Waals surface area contributed by atoms with Crippen LogP contribution in [0.1, 0.15) is 0 Å². The van der Waals surface area contributed by atoms with Crippen molar-refractivity contribution in [2.45, 2.75) is 4.90 Å². The third-order valence-electron chi connectivity index (χ3n) is 4.16. The van der Waals surface area contributed by atoms with Gasteiger partial charge >= 0.3 is 0 Å². The molecule has 6 heteroatoms. The van der Waals surface area contributed by atoms with E-state index in [9.17, 15) is 8.42 Å². The molecule has 0 spiro atoms. The average molecular weight is 402 g/mol. The maximum absolute atomic E-state index is 13.4. The molecular formula is C20H13Cl2NO2S. The maximum atomic E-state index is 13.4. The van der Waals surface area contributed by atoms with Gasteiger partial charge in [0.05, 0.1) is 21.1 Å². The number of rotatable bonds is 3. The molecule has 0 bridgehead atoms. The molecule has 4 aromatic rings. The van der Waals surface area contributed by atoms with Gasteiger partial charge in [0.1, 0.15) is 0 Å². The first-order valence-corrected chi connectivity index (χ1v) is 10.0. The highest BCUT2D eigenvalue weighted by atomic mass is 35.5. The first-order chi connectivity index (χ1) is 12.5. The second-order valence-corrected chi connectivity index (χ2v) is 8.43. The van der Waals surface area contributed by atoms with Crippen molar-refractivity contribution < 1.29 is 8.42 Å². The van der Waals surface area contributed by atoms with Crippen LogP contribution in [0.25, 0.3) is 22.2 Å². The predicted octanol–water partition coefficient (Wildman–Crippen LogP) is 5.85. The average Bonchev–Trinajstić information content (AvgIpc) is 3.02. The molecule has 0 radical (unpaired) electrons. The molecule has 1 heterocycles. The minimum absolute atomic E-state index is 0.215. The van der Waals surface area contributed by atoms with Gasteiger partial charge in [0, 0.05) is 16.0 Å². The quantitative estimate of drug-likeness (QED) is 0.431. The molecule has 0 aliphatic rings. The Morgan fingerprint density at radius 1 is 0.769 bits per heavy atom. The van der Waals surface area contributed by atoms with Gasteiger partial charge in [-0.3, -0.25) is 0 Å². The molecule has 0 saturated heterocycles. The standard InChI is InChI=1S/C20H13Cl2NO2S/c21-15-10-11-17(18(22)13-15)20-12-14-6-4-5-9-19(14)23(20)26(24,25)16-7-2-1-3-8-16/h1-13H. The minimum Gasteiger partial charge on any atom is -0.233 e. The number of hydrogen-bond donors (Lipinski definition) is 0. The molecule has 130 valence electrons. The van der Waals surface area contributed by atoms with Gasteiger partial charge in [0.25, 0.3) is 10.0 Å². The van der Waals surface area contributed by atoms with Crippen molar-refractivity contribution in [2.24, 2.45) is 0 Å². The van der Waals surface area contributed by atoms with E-state index in [4.69, 9.17) is 23.2 Å². The largest absolute Gasteiger partial charge is 0.268 e. The lowest BCUT2D eigenvalue weighted by atomic mass is 10.1. The summed E-state index contributed by atoms with van der Waals surface area (Å²) in [5.74, 6) is 0. The van der Waals surface area contributed by atoms with Crippen molar-refractivity contribution in [3.8, 4) is 11.3 Å². The van der Waals surface area contributed by atoms with Crippen molar-refractivity contribution >= 4 is 44.1 Å². The summed E-state index contributed by atoms with van der Waals surface area (Å²) in [4.78, 5) is 0.215. The molecule has 0 atom stereocenters. The first kappa shape index (κ1) is 17.2. The highest BCUT2D eigenvalue weighted by Crippen LogP contribution is 2.36. The lowest BCUT2D eigenvalue weighted by Gasteiger charge is -2.13. The van der Waals surface area contributed by atoms with Crippen LogP contribution in [0.2, 0.25) is 10.0 Å². The van der Waals surface area contributed by atoms with Gasteiger partial charge in [0.15, 0.2) is 0 Å². The molecule has 1 aromatic heterocycles. The van der Waals surface area contributed by atoms with Crippen LogP contribution in [0, 0.1) is 0 Å². The zero-order valence-corrected chi connectivity index (χ0v) is 15.8. The van der Waals surface area contributed by atoms with E-state index < -0.39 is 10.0 Å². The third-order valence-corrected chi connectivity index (χ3v) is 6.44. The second kappa shape index (κ2) is 6.47. The summed E-state index contributed by atoms with van der Waals surface area (Å²) in [7, 11) is -3.80. The second-order valence-electron chi connectivity index (χ2n) is 5.80. The number of nitrogens with zero attached hydrogens (tertiary/aromatic N) is 1. The summed E-state index contributed by atoms with van der Waals surface area (Å²) in [5, 5.41) is 1.70. The van der Waals surface area contributed by atoms with E-state index in [1.54, 1.807) is 54.6 Å². The van der Waals surface area contributed by atoms with E-state index in [2.05, 4.69) is 0 Å². The van der Waals surface area contributed by atoms with E-state index in [-0.39, 0.29) is 4.90 Å². The zero-order valence-electron chi connectivity index (χ0n) is 13.4. The molecule has 0 aliphatic heterocycles. The summed E-state index contributed by atoms with van der Waals surface area (Å²) in [6.07, 6.45) is 0. The monoisotopic (exact) mass is 401 g/mol. The Morgan fingerprint density at radius 3 is 2.19 bits per heavy atom. The summed E-state index contributed by atoms with van der Waals surface area (Å²) < 4.78 is 28.1. The van der Waals surface area contributed by atoms with Crippen molar-refractivity contribution in [2.75, 3.05) is 0 Å². The number of fused-ring (bicyclic) bond motifs is 1. The summed E-state index contributed by atoms with van der Waals surface area (Å²) in [5.41, 5.74) is 1.70. The maximum Gasteiger partial charge on any atom is 0.268 e. The number of aromatic nitrogens is 1. The van der Waals surface area contributed by atoms with Crippen LogP contribution in [0.5, 0.6) is 0 Å². The van der Waals surface area contributed by atoms with Crippen LogP contribution in [0.15, 0.2) is 83.8 Å². The highest BCUT2D eigenvalue weighted by molar-refractivity contribution is 7.90. The molecule has 0 fully saturated rings. The van der Waals surface area contributed by atoms with Gasteiger partial charge in [-0.05, 0) is 42.5 Å². The Hall–Kier alpha value is -2.27. The lowest BCUT2D eigenvalue weighted by Crippen LogP contribution is -2.14. The smallest absolute Gasteiger partial charge is 0.233 e. The lowest BCUT2D eigenvalue weighted by molar-refractivity contribution is 0.589. The van der Waals surface area contributed by atoms with Gasteiger partial charge in [0.2, 0.25) is 0 Å². The Balaban J connectivity index is 2.08. The van der Waals surface area contributed by atoms with Crippen LogP contribution >= 0.6 is 23.2 Å². The molecule has 0 N–H and O–H groups in total.